The number of nitrogens with zero attached hydrogens (tertiary/aromatic N) is 4. The molecule has 0 radical (unpaired) electrons. The van der Waals surface area contributed by atoms with Crippen molar-refractivity contribution in [2.75, 3.05) is 26.2 Å². The van der Waals surface area contributed by atoms with E-state index in [-0.39, 0.29) is 0 Å². The fourth-order valence-corrected chi connectivity index (χ4v) is 2.73. The van der Waals surface area contributed by atoms with Crippen LogP contribution in [0.25, 0.3) is 5.65 Å². The largest absolute Gasteiger partial charge is 0.314 e. The molecule has 18 heavy (non-hydrogen) atoms. The van der Waals surface area contributed by atoms with Crippen molar-refractivity contribution in [2.24, 2.45) is 0 Å². The number of hydrogen-bond acceptors (Lipinski definition) is 4. The topological polar surface area (TPSA) is 45.5 Å². The molecule has 0 aromatic carbocycles. The van der Waals surface area contributed by atoms with Crippen molar-refractivity contribution in [1.82, 2.24) is 24.8 Å². The normalized spacial score (nSPS) is 17.4. The molecule has 1 aliphatic rings. The molecule has 6 heteroatoms. The SMILES string of the molecule is Cc1nnc2cc(CN3CCNCC3)cc(Cl)n12. The minimum atomic E-state index is 0.681. The molecule has 0 saturated carbocycles. The molecular weight excluding hydrogens is 250 g/mol. The molecule has 2 aromatic rings. The number of nitrogens with one attached hydrogen (secondary N) is 1. The van der Waals surface area contributed by atoms with E-state index < -0.39 is 0 Å². The molecule has 2 aromatic heterocycles. The molecule has 1 saturated heterocycles. The predicted octanol–water partition coefficient (Wildman–Crippen LogP) is 1.10. The predicted molar refractivity (Wildman–Crippen MR) is 70.9 cm³/mol. The number of fused-ring (bicyclic) bond motifs is 1. The van der Waals surface area contributed by atoms with E-state index in [1.54, 1.807) is 0 Å². The van der Waals surface area contributed by atoms with Gasteiger partial charge in [0, 0.05) is 32.7 Å². The van der Waals surface area contributed by atoms with E-state index in [1.165, 1.54) is 5.56 Å². The minimum Gasteiger partial charge on any atom is -0.314 e. The molecule has 1 fully saturated rings. The van der Waals surface area contributed by atoms with Crippen LogP contribution in [-0.2, 0) is 6.54 Å². The zero-order valence-electron chi connectivity index (χ0n) is 10.4. The first kappa shape index (κ1) is 11.9. The summed E-state index contributed by atoms with van der Waals surface area (Å²) in [5.41, 5.74) is 2.02. The number of aryl methyl sites for hydroxylation is 1. The molecular formula is C12H16ClN5. The zero-order valence-corrected chi connectivity index (χ0v) is 11.1. The van der Waals surface area contributed by atoms with Gasteiger partial charge in [-0.15, -0.1) is 10.2 Å². The molecule has 0 unspecified atom stereocenters. The van der Waals surface area contributed by atoms with E-state index >= 15 is 0 Å². The van der Waals surface area contributed by atoms with E-state index in [4.69, 9.17) is 11.6 Å². The van der Waals surface area contributed by atoms with Crippen LogP contribution in [0.15, 0.2) is 12.1 Å². The quantitative estimate of drug-likeness (QED) is 0.826. The van der Waals surface area contributed by atoms with Crippen molar-refractivity contribution in [2.45, 2.75) is 13.5 Å². The Morgan fingerprint density at radius 1 is 1.28 bits per heavy atom. The third-order valence-electron chi connectivity index (χ3n) is 3.30. The molecule has 1 aliphatic heterocycles. The summed E-state index contributed by atoms with van der Waals surface area (Å²) in [6.45, 7) is 7.09. The van der Waals surface area contributed by atoms with Crippen molar-refractivity contribution in [3.05, 3.63) is 28.7 Å². The van der Waals surface area contributed by atoms with Crippen molar-refractivity contribution in [3.63, 3.8) is 0 Å². The van der Waals surface area contributed by atoms with Gasteiger partial charge in [0.1, 0.15) is 11.0 Å². The molecule has 3 heterocycles. The highest BCUT2D eigenvalue weighted by molar-refractivity contribution is 6.29. The van der Waals surface area contributed by atoms with Crippen LogP contribution in [-0.4, -0.2) is 45.7 Å². The number of aromatic nitrogens is 3. The van der Waals surface area contributed by atoms with Gasteiger partial charge in [-0.05, 0) is 24.6 Å². The molecule has 5 nitrogen and oxygen atoms in total. The number of halogens is 1. The lowest BCUT2D eigenvalue weighted by atomic mass is 10.2. The van der Waals surface area contributed by atoms with Crippen LogP contribution in [0.1, 0.15) is 11.4 Å². The maximum atomic E-state index is 6.28. The van der Waals surface area contributed by atoms with Crippen molar-refractivity contribution in [1.29, 1.82) is 0 Å². The summed E-state index contributed by atoms with van der Waals surface area (Å²) in [6.07, 6.45) is 0. The van der Waals surface area contributed by atoms with Crippen molar-refractivity contribution in [3.8, 4) is 0 Å². The summed E-state index contributed by atoms with van der Waals surface area (Å²) < 4.78 is 1.86. The minimum absolute atomic E-state index is 0.681. The molecule has 1 N–H and O–H groups in total. The van der Waals surface area contributed by atoms with Gasteiger partial charge in [-0.25, -0.2) is 0 Å². The highest BCUT2D eigenvalue weighted by atomic mass is 35.5. The number of pyridine rings is 1. The van der Waals surface area contributed by atoms with Gasteiger partial charge in [-0.2, -0.15) is 0 Å². The molecule has 0 atom stereocenters. The molecule has 3 rings (SSSR count). The first-order valence-electron chi connectivity index (χ1n) is 6.17. The van der Waals surface area contributed by atoms with E-state index in [1.807, 2.05) is 17.4 Å². The van der Waals surface area contributed by atoms with Crippen LogP contribution in [0.3, 0.4) is 0 Å². The third-order valence-corrected chi connectivity index (χ3v) is 3.58. The van der Waals surface area contributed by atoms with Crippen LogP contribution in [0.2, 0.25) is 5.15 Å². The lowest BCUT2D eigenvalue weighted by molar-refractivity contribution is 0.233. The van der Waals surface area contributed by atoms with Gasteiger partial charge < -0.3 is 5.32 Å². The van der Waals surface area contributed by atoms with Gasteiger partial charge in [0.25, 0.3) is 0 Å². The van der Waals surface area contributed by atoms with E-state index in [0.717, 1.165) is 44.2 Å². The van der Waals surface area contributed by atoms with E-state index in [2.05, 4.69) is 26.5 Å². The van der Waals surface area contributed by atoms with Gasteiger partial charge in [0.05, 0.1) is 0 Å². The standard InChI is InChI=1S/C12H16ClN5/c1-9-15-16-12-7-10(6-11(13)18(9)12)8-17-4-2-14-3-5-17/h6-7,14H,2-5,8H2,1H3. The summed E-state index contributed by atoms with van der Waals surface area (Å²) in [4.78, 5) is 2.42. The Bertz CT molecular complexity index is 559. The zero-order chi connectivity index (χ0) is 12.5. The highest BCUT2D eigenvalue weighted by Crippen LogP contribution is 2.18. The first-order valence-corrected chi connectivity index (χ1v) is 6.55. The Morgan fingerprint density at radius 2 is 2.06 bits per heavy atom. The van der Waals surface area contributed by atoms with Gasteiger partial charge >= 0.3 is 0 Å². The van der Waals surface area contributed by atoms with E-state index in [9.17, 15) is 0 Å². The second-order valence-electron chi connectivity index (χ2n) is 4.65. The second kappa shape index (κ2) is 4.84. The summed E-state index contributed by atoms with van der Waals surface area (Å²) in [6, 6.07) is 4.07. The summed E-state index contributed by atoms with van der Waals surface area (Å²) in [5.74, 6) is 0.823. The molecule has 0 aliphatic carbocycles. The van der Waals surface area contributed by atoms with Gasteiger partial charge in [0.15, 0.2) is 5.65 Å². The van der Waals surface area contributed by atoms with Crippen LogP contribution in [0, 0.1) is 6.92 Å². The second-order valence-corrected chi connectivity index (χ2v) is 5.04. The summed E-state index contributed by atoms with van der Waals surface area (Å²) >= 11 is 6.28. The van der Waals surface area contributed by atoms with Crippen LogP contribution >= 0.6 is 11.6 Å². The fourth-order valence-electron chi connectivity index (χ4n) is 2.38. The fraction of sp³-hybridized carbons (Fsp3) is 0.500. The van der Waals surface area contributed by atoms with Gasteiger partial charge in [0.2, 0.25) is 0 Å². The summed E-state index contributed by atoms with van der Waals surface area (Å²) in [5, 5.41) is 12.2. The lowest BCUT2D eigenvalue weighted by Gasteiger charge is -2.27. The molecule has 0 spiro atoms. The highest BCUT2D eigenvalue weighted by Gasteiger charge is 2.12. The Labute approximate surface area is 111 Å². The average molecular weight is 266 g/mol. The number of piperazine rings is 1. The Hall–Kier alpha value is -1.17. The smallest absolute Gasteiger partial charge is 0.162 e. The Morgan fingerprint density at radius 3 is 2.83 bits per heavy atom. The number of hydrogen-bond donors (Lipinski definition) is 1. The van der Waals surface area contributed by atoms with Crippen LogP contribution in [0.5, 0.6) is 0 Å². The van der Waals surface area contributed by atoms with Crippen molar-refractivity contribution >= 4 is 17.2 Å². The molecule has 0 bridgehead atoms. The Balaban J connectivity index is 1.88. The van der Waals surface area contributed by atoms with Gasteiger partial charge in [-0.1, -0.05) is 11.6 Å². The van der Waals surface area contributed by atoms with Crippen LogP contribution in [0.4, 0.5) is 0 Å². The van der Waals surface area contributed by atoms with Crippen molar-refractivity contribution < 1.29 is 0 Å². The number of rotatable bonds is 2. The van der Waals surface area contributed by atoms with Gasteiger partial charge in [-0.3, -0.25) is 9.30 Å². The molecule has 0 amide bonds. The maximum Gasteiger partial charge on any atom is 0.162 e. The average Bonchev–Trinajstić information content (AvgIpc) is 2.72. The summed E-state index contributed by atoms with van der Waals surface area (Å²) in [7, 11) is 0. The monoisotopic (exact) mass is 265 g/mol. The third kappa shape index (κ3) is 2.21. The lowest BCUT2D eigenvalue weighted by Crippen LogP contribution is -2.42. The van der Waals surface area contributed by atoms with E-state index in [0.29, 0.717) is 5.15 Å². The van der Waals surface area contributed by atoms with Crippen LogP contribution < -0.4 is 5.32 Å². The first-order chi connectivity index (χ1) is 8.74. The molecule has 96 valence electrons. The maximum absolute atomic E-state index is 6.28. The Kier molecular flexibility index (Phi) is 3.20.